The van der Waals surface area contributed by atoms with Crippen LogP contribution in [0.4, 0.5) is 0 Å². The van der Waals surface area contributed by atoms with E-state index in [0.29, 0.717) is 0 Å². The minimum atomic E-state index is 1.09. The van der Waals surface area contributed by atoms with Gasteiger partial charge in [-0.25, -0.2) is 0 Å². The van der Waals surface area contributed by atoms with E-state index >= 15 is 0 Å². The summed E-state index contributed by atoms with van der Waals surface area (Å²) in [5.41, 5.74) is 1.09. The number of hydrogen-bond donors (Lipinski definition) is 1. The molecule has 0 aliphatic heterocycles. The lowest BCUT2D eigenvalue weighted by atomic mass is 10.3. The summed E-state index contributed by atoms with van der Waals surface area (Å²) in [6.45, 7) is 2.01. The number of aromatic nitrogens is 2. The van der Waals surface area contributed by atoms with Crippen LogP contribution in [0.1, 0.15) is 5.69 Å². The third-order valence-corrected chi connectivity index (χ3v) is 2.93. The normalized spacial score (nSPS) is 11.0. The molecule has 0 saturated heterocycles. The van der Waals surface area contributed by atoms with Crippen molar-refractivity contribution in [1.29, 1.82) is 0 Å². The minimum absolute atomic E-state index is 1.09. The number of nitrogens with one attached hydrogen (secondary N) is 1. The second-order valence-corrected chi connectivity index (χ2v) is 3.74. The average molecular weight is 217 g/mol. The molecule has 0 fully saturated rings. The van der Waals surface area contributed by atoms with E-state index in [-0.39, 0.29) is 0 Å². The molecule has 0 amide bonds. The van der Waals surface area contributed by atoms with E-state index in [1.54, 1.807) is 0 Å². The van der Waals surface area contributed by atoms with Gasteiger partial charge in [-0.05, 0) is 34.4 Å². The van der Waals surface area contributed by atoms with Gasteiger partial charge in [-0.2, -0.15) is 4.37 Å². The predicted molar refractivity (Wildman–Crippen MR) is 46.4 cm³/mol. The van der Waals surface area contributed by atoms with Crippen LogP contribution < -0.4 is 0 Å². The Labute approximate surface area is 70.6 Å². The largest absolute Gasteiger partial charge is 0.351 e. The Hall–Kier alpha value is -0.350. The Morgan fingerprint density at radius 1 is 1.70 bits per heavy atom. The van der Waals surface area contributed by atoms with E-state index < -0.39 is 0 Å². The highest BCUT2D eigenvalue weighted by Crippen LogP contribution is 2.28. The molecule has 52 valence electrons. The highest BCUT2D eigenvalue weighted by Gasteiger charge is 2.05. The lowest BCUT2D eigenvalue weighted by Gasteiger charge is -1.80. The third-order valence-electron chi connectivity index (χ3n) is 1.43. The fourth-order valence-electron chi connectivity index (χ4n) is 0.951. The molecule has 0 spiro atoms. The van der Waals surface area contributed by atoms with Crippen LogP contribution in [0.2, 0.25) is 0 Å². The molecular weight excluding hydrogens is 212 g/mol. The topological polar surface area (TPSA) is 28.7 Å². The molecule has 0 aliphatic carbocycles. The molecule has 2 aromatic rings. The molecule has 0 saturated carbocycles. The highest BCUT2D eigenvalue weighted by molar-refractivity contribution is 9.10. The minimum Gasteiger partial charge on any atom is -0.351 e. The number of hydrogen-bond acceptors (Lipinski definition) is 2. The quantitative estimate of drug-likeness (QED) is 0.722. The van der Waals surface area contributed by atoms with Crippen LogP contribution in [0.3, 0.4) is 0 Å². The fourth-order valence-corrected chi connectivity index (χ4v) is 2.46. The van der Waals surface area contributed by atoms with Gasteiger partial charge in [0.1, 0.15) is 4.83 Å². The van der Waals surface area contributed by atoms with E-state index in [1.165, 1.54) is 16.9 Å². The average Bonchev–Trinajstić information content (AvgIpc) is 2.40. The molecule has 0 aromatic carbocycles. The zero-order chi connectivity index (χ0) is 7.14. The zero-order valence-electron chi connectivity index (χ0n) is 5.31. The van der Waals surface area contributed by atoms with Crippen molar-refractivity contribution in [2.75, 3.05) is 0 Å². The predicted octanol–water partition coefficient (Wildman–Crippen LogP) is 2.70. The summed E-state index contributed by atoms with van der Waals surface area (Å²) in [6.07, 6.45) is 1.94. The first-order chi connectivity index (χ1) is 4.79. The van der Waals surface area contributed by atoms with Crippen molar-refractivity contribution in [3.05, 3.63) is 16.4 Å². The molecule has 4 heteroatoms. The van der Waals surface area contributed by atoms with Crippen LogP contribution in [0.25, 0.3) is 10.2 Å². The number of H-pyrrole nitrogens is 1. The van der Waals surface area contributed by atoms with Crippen LogP contribution >= 0.6 is 27.5 Å². The number of halogens is 1. The third kappa shape index (κ3) is 0.722. The molecule has 2 rings (SSSR count). The summed E-state index contributed by atoms with van der Waals surface area (Å²) in [4.78, 5) is 4.26. The molecule has 2 nitrogen and oxygen atoms in total. The molecule has 0 bridgehead atoms. The molecule has 10 heavy (non-hydrogen) atoms. The Morgan fingerprint density at radius 2 is 2.50 bits per heavy atom. The van der Waals surface area contributed by atoms with Gasteiger partial charge in [0.05, 0.1) is 5.69 Å². The first-order valence-corrected chi connectivity index (χ1v) is 4.44. The number of aromatic amines is 1. The summed E-state index contributed by atoms with van der Waals surface area (Å²) in [7, 11) is 0. The fraction of sp³-hybridized carbons (Fsp3) is 0.167. The first kappa shape index (κ1) is 6.37. The van der Waals surface area contributed by atoms with Crippen molar-refractivity contribution < 1.29 is 0 Å². The number of fused-ring (bicyclic) bond motifs is 1. The summed E-state index contributed by atoms with van der Waals surface area (Å²) in [5, 5.41) is 1.21. The maximum absolute atomic E-state index is 4.20. The number of nitrogens with zero attached hydrogens (tertiary/aromatic N) is 1. The van der Waals surface area contributed by atoms with Gasteiger partial charge < -0.3 is 4.98 Å². The highest BCUT2D eigenvalue weighted by atomic mass is 79.9. The smallest absolute Gasteiger partial charge is 0.122 e. The van der Waals surface area contributed by atoms with Crippen LogP contribution in [0, 0.1) is 6.92 Å². The molecule has 0 radical (unpaired) electrons. The second-order valence-electron chi connectivity index (χ2n) is 2.11. The molecule has 2 heterocycles. The Morgan fingerprint density at radius 3 is 3.20 bits per heavy atom. The standard InChI is InChI=1S/C6H5BrN2S/c1-3-5-4(7)2-8-6(5)10-9-3/h2,8H,1H3. The molecular formula is C6H5BrN2S. The van der Waals surface area contributed by atoms with Gasteiger partial charge in [0.15, 0.2) is 0 Å². The van der Waals surface area contributed by atoms with Gasteiger partial charge in [0, 0.05) is 16.1 Å². The van der Waals surface area contributed by atoms with Crippen molar-refractivity contribution >= 4 is 37.7 Å². The van der Waals surface area contributed by atoms with Gasteiger partial charge in [0.25, 0.3) is 0 Å². The van der Waals surface area contributed by atoms with E-state index in [1.807, 2.05) is 13.1 Å². The lowest BCUT2D eigenvalue weighted by molar-refractivity contribution is 1.37. The van der Waals surface area contributed by atoms with E-state index in [9.17, 15) is 0 Å². The van der Waals surface area contributed by atoms with Gasteiger partial charge in [-0.1, -0.05) is 0 Å². The van der Waals surface area contributed by atoms with Crippen molar-refractivity contribution in [3.8, 4) is 0 Å². The van der Waals surface area contributed by atoms with Crippen LogP contribution in [0.5, 0.6) is 0 Å². The molecule has 1 N–H and O–H groups in total. The number of rotatable bonds is 0. The maximum atomic E-state index is 4.20. The van der Waals surface area contributed by atoms with Gasteiger partial charge in [-0.15, -0.1) is 0 Å². The molecule has 2 aromatic heterocycles. The van der Waals surface area contributed by atoms with Crippen LogP contribution in [0.15, 0.2) is 10.7 Å². The van der Waals surface area contributed by atoms with Crippen molar-refractivity contribution in [2.45, 2.75) is 6.92 Å². The zero-order valence-corrected chi connectivity index (χ0v) is 7.71. The number of aryl methyl sites for hydroxylation is 1. The summed E-state index contributed by atoms with van der Waals surface area (Å²) in [6, 6.07) is 0. The second kappa shape index (κ2) is 2.07. The molecule has 0 atom stereocenters. The monoisotopic (exact) mass is 216 g/mol. The first-order valence-electron chi connectivity index (χ1n) is 2.88. The van der Waals surface area contributed by atoms with Crippen molar-refractivity contribution in [2.24, 2.45) is 0 Å². The van der Waals surface area contributed by atoms with E-state index in [0.717, 1.165) is 15.0 Å². The lowest BCUT2D eigenvalue weighted by Crippen LogP contribution is -1.65. The maximum Gasteiger partial charge on any atom is 0.122 e. The van der Waals surface area contributed by atoms with E-state index in [2.05, 4.69) is 25.3 Å². The Kier molecular flexibility index (Phi) is 1.32. The van der Waals surface area contributed by atoms with Crippen molar-refractivity contribution in [1.82, 2.24) is 9.36 Å². The van der Waals surface area contributed by atoms with Gasteiger partial charge >= 0.3 is 0 Å². The van der Waals surface area contributed by atoms with Crippen LogP contribution in [-0.2, 0) is 0 Å². The Bertz CT molecular complexity index is 331. The summed E-state index contributed by atoms with van der Waals surface area (Å²) < 4.78 is 5.30. The summed E-state index contributed by atoms with van der Waals surface area (Å²) >= 11 is 4.93. The van der Waals surface area contributed by atoms with Gasteiger partial charge in [-0.3, -0.25) is 0 Å². The SMILES string of the molecule is Cc1nsc2[nH]cc(Br)c12. The van der Waals surface area contributed by atoms with Crippen LogP contribution in [-0.4, -0.2) is 9.36 Å². The molecule has 0 unspecified atom stereocenters. The molecule has 0 aliphatic rings. The summed E-state index contributed by atoms with van der Waals surface area (Å²) in [5.74, 6) is 0. The van der Waals surface area contributed by atoms with Crippen molar-refractivity contribution in [3.63, 3.8) is 0 Å². The Balaban J connectivity index is 2.98. The van der Waals surface area contributed by atoms with Gasteiger partial charge in [0.2, 0.25) is 0 Å². The van der Waals surface area contributed by atoms with E-state index in [4.69, 9.17) is 0 Å².